The van der Waals surface area contributed by atoms with Gasteiger partial charge in [0.1, 0.15) is 0 Å². The van der Waals surface area contributed by atoms with E-state index in [1.807, 2.05) is 0 Å². The predicted molar refractivity (Wildman–Crippen MR) is 80.5 cm³/mol. The molecule has 1 fully saturated rings. The normalized spacial score (nSPS) is 24.7. The summed E-state index contributed by atoms with van der Waals surface area (Å²) in [6.45, 7) is 2.35. The van der Waals surface area contributed by atoms with Crippen molar-refractivity contribution < 1.29 is 0 Å². The predicted octanol–water partition coefficient (Wildman–Crippen LogP) is 3.78. The van der Waals surface area contributed by atoms with E-state index in [0.717, 1.165) is 5.92 Å². The molecule has 2 nitrogen and oxygen atoms in total. The van der Waals surface area contributed by atoms with Crippen molar-refractivity contribution in [2.24, 2.45) is 17.7 Å². The second kappa shape index (κ2) is 5.32. The van der Waals surface area contributed by atoms with Gasteiger partial charge >= 0.3 is 0 Å². The number of hydrazine groups is 1. The fourth-order valence-corrected chi connectivity index (χ4v) is 3.63. The van der Waals surface area contributed by atoms with E-state index in [1.165, 1.54) is 35.6 Å². The summed E-state index contributed by atoms with van der Waals surface area (Å²) in [5, 5.41) is 2.62. The van der Waals surface area contributed by atoms with Gasteiger partial charge in [-0.2, -0.15) is 0 Å². The third kappa shape index (κ3) is 2.26. The van der Waals surface area contributed by atoms with E-state index in [2.05, 4.69) is 54.8 Å². The third-order valence-corrected chi connectivity index (χ3v) is 4.69. The number of hydrogen-bond acceptors (Lipinski definition) is 2. The minimum Gasteiger partial charge on any atom is -0.271 e. The molecule has 0 amide bonds. The summed E-state index contributed by atoms with van der Waals surface area (Å²) in [6.07, 6.45) is 3.93. The maximum atomic E-state index is 5.89. The molecule has 100 valence electrons. The standard InChI is InChI=1S/C17H22N2/c1-12-6-4-10-14(12)17(19-18)16-11-5-8-13-7-2-3-9-15(13)16/h2-3,5,7-9,11-12,14,17,19H,4,6,10,18H2,1H3. The average Bonchev–Trinajstić information content (AvgIpc) is 2.86. The molecule has 3 atom stereocenters. The zero-order valence-corrected chi connectivity index (χ0v) is 11.5. The maximum Gasteiger partial charge on any atom is 0.0496 e. The van der Waals surface area contributed by atoms with Crippen molar-refractivity contribution >= 4 is 10.8 Å². The third-order valence-electron chi connectivity index (χ3n) is 4.69. The highest BCUT2D eigenvalue weighted by molar-refractivity contribution is 5.86. The molecule has 3 unspecified atom stereocenters. The van der Waals surface area contributed by atoms with Gasteiger partial charge in [-0.25, -0.2) is 0 Å². The van der Waals surface area contributed by atoms with Gasteiger partial charge in [-0.3, -0.25) is 11.3 Å². The van der Waals surface area contributed by atoms with Gasteiger partial charge in [0.15, 0.2) is 0 Å². The van der Waals surface area contributed by atoms with Crippen LogP contribution in [-0.2, 0) is 0 Å². The van der Waals surface area contributed by atoms with Gasteiger partial charge in [-0.1, -0.05) is 62.2 Å². The first-order valence-corrected chi connectivity index (χ1v) is 7.25. The Morgan fingerprint density at radius 1 is 1.11 bits per heavy atom. The highest BCUT2D eigenvalue weighted by Crippen LogP contribution is 2.41. The molecular weight excluding hydrogens is 232 g/mol. The van der Waals surface area contributed by atoms with Crippen molar-refractivity contribution in [3.05, 3.63) is 48.0 Å². The van der Waals surface area contributed by atoms with Crippen LogP contribution in [0.5, 0.6) is 0 Å². The Labute approximate surface area is 115 Å². The molecule has 0 radical (unpaired) electrons. The lowest BCUT2D eigenvalue weighted by molar-refractivity contribution is 0.306. The molecule has 0 saturated heterocycles. The molecule has 2 aromatic carbocycles. The summed E-state index contributed by atoms with van der Waals surface area (Å²) in [7, 11) is 0. The first-order valence-electron chi connectivity index (χ1n) is 7.25. The van der Waals surface area contributed by atoms with E-state index in [1.54, 1.807) is 0 Å². The van der Waals surface area contributed by atoms with Crippen LogP contribution in [0.4, 0.5) is 0 Å². The highest BCUT2D eigenvalue weighted by atomic mass is 15.2. The zero-order chi connectivity index (χ0) is 13.2. The Hall–Kier alpha value is -1.38. The number of fused-ring (bicyclic) bond motifs is 1. The lowest BCUT2D eigenvalue weighted by atomic mass is 9.84. The molecule has 0 aliphatic heterocycles. The number of nitrogens with two attached hydrogens (primary N) is 1. The molecule has 0 bridgehead atoms. The molecule has 1 aliphatic rings. The molecule has 1 saturated carbocycles. The minimum atomic E-state index is 0.267. The van der Waals surface area contributed by atoms with Gasteiger partial charge in [0.05, 0.1) is 0 Å². The second-order valence-electron chi connectivity index (χ2n) is 5.78. The molecule has 0 spiro atoms. The fraction of sp³-hybridized carbons (Fsp3) is 0.412. The maximum absolute atomic E-state index is 5.89. The highest BCUT2D eigenvalue weighted by Gasteiger charge is 2.31. The van der Waals surface area contributed by atoms with Crippen molar-refractivity contribution in [1.29, 1.82) is 0 Å². The van der Waals surface area contributed by atoms with Crippen molar-refractivity contribution in [1.82, 2.24) is 5.43 Å². The Morgan fingerprint density at radius 3 is 2.63 bits per heavy atom. The first kappa shape index (κ1) is 12.6. The van der Waals surface area contributed by atoms with E-state index >= 15 is 0 Å². The molecule has 0 aromatic heterocycles. The van der Waals surface area contributed by atoms with Crippen molar-refractivity contribution in [3.8, 4) is 0 Å². The van der Waals surface area contributed by atoms with Crippen LogP contribution in [0.3, 0.4) is 0 Å². The molecule has 19 heavy (non-hydrogen) atoms. The van der Waals surface area contributed by atoms with E-state index in [9.17, 15) is 0 Å². The van der Waals surface area contributed by atoms with Crippen LogP contribution >= 0.6 is 0 Å². The van der Waals surface area contributed by atoms with Crippen molar-refractivity contribution in [2.45, 2.75) is 32.2 Å². The van der Waals surface area contributed by atoms with Gasteiger partial charge < -0.3 is 0 Å². The largest absolute Gasteiger partial charge is 0.271 e. The number of rotatable bonds is 3. The molecular formula is C17H22N2. The van der Waals surface area contributed by atoms with Gasteiger partial charge in [0.2, 0.25) is 0 Å². The minimum absolute atomic E-state index is 0.267. The van der Waals surface area contributed by atoms with Crippen molar-refractivity contribution in [2.75, 3.05) is 0 Å². The molecule has 3 N–H and O–H groups in total. The Bertz CT molecular complexity index is 559. The van der Waals surface area contributed by atoms with Crippen molar-refractivity contribution in [3.63, 3.8) is 0 Å². The van der Waals surface area contributed by atoms with Gasteiger partial charge in [-0.15, -0.1) is 0 Å². The summed E-state index contributed by atoms with van der Waals surface area (Å²) >= 11 is 0. The monoisotopic (exact) mass is 254 g/mol. The topological polar surface area (TPSA) is 38.0 Å². The van der Waals surface area contributed by atoms with Crippen LogP contribution in [0.2, 0.25) is 0 Å². The lowest BCUT2D eigenvalue weighted by Gasteiger charge is -2.27. The van der Waals surface area contributed by atoms with Crippen LogP contribution in [0.1, 0.15) is 37.8 Å². The van der Waals surface area contributed by atoms with E-state index in [-0.39, 0.29) is 6.04 Å². The summed E-state index contributed by atoms with van der Waals surface area (Å²) < 4.78 is 0. The molecule has 2 heteroatoms. The quantitative estimate of drug-likeness (QED) is 0.646. The number of hydrogen-bond donors (Lipinski definition) is 2. The van der Waals surface area contributed by atoms with E-state index in [4.69, 9.17) is 5.84 Å². The van der Waals surface area contributed by atoms with E-state index < -0.39 is 0 Å². The van der Waals surface area contributed by atoms with Crippen LogP contribution in [0, 0.1) is 11.8 Å². The Balaban J connectivity index is 2.06. The van der Waals surface area contributed by atoms with Crippen LogP contribution < -0.4 is 11.3 Å². The Morgan fingerprint density at radius 2 is 1.89 bits per heavy atom. The summed E-state index contributed by atoms with van der Waals surface area (Å²) in [4.78, 5) is 0. The lowest BCUT2D eigenvalue weighted by Crippen LogP contribution is -2.34. The van der Waals surface area contributed by atoms with Gasteiger partial charge in [0.25, 0.3) is 0 Å². The Kier molecular flexibility index (Phi) is 3.54. The number of benzene rings is 2. The van der Waals surface area contributed by atoms with Gasteiger partial charge in [-0.05, 0) is 34.6 Å². The molecule has 1 aliphatic carbocycles. The first-order chi connectivity index (χ1) is 9.31. The second-order valence-corrected chi connectivity index (χ2v) is 5.78. The van der Waals surface area contributed by atoms with Crippen LogP contribution in [0.25, 0.3) is 10.8 Å². The summed E-state index contributed by atoms with van der Waals surface area (Å²) in [6, 6.07) is 15.4. The summed E-state index contributed by atoms with van der Waals surface area (Å²) in [5.41, 5.74) is 4.43. The SMILES string of the molecule is CC1CCCC1C(NN)c1cccc2ccccc12. The number of nitrogens with one attached hydrogen (secondary N) is 1. The zero-order valence-electron chi connectivity index (χ0n) is 11.5. The van der Waals surface area contributed by atoms with E-state index in [0.29, 0.717) is 5.92 Å². The fourth-order valence-electron chi connectivity index (χ4n) is 3.63. The molecule has 2 aromatic rings. The average molecular weight is 254 g/mol. The van der Waals surface area contributed by atoms with Gasteiger partial charge in [0, 0.05) is 6.04 Å². The smallest absolute Gasteiger partial charge is 0.0496 e. The molecule has 3 rings (SSSR count). The van der Waals surface area contributed by atoms with Crippen LogP contribution in [-0.4, -0.2) is 0 Å². The van der Waals surface area contributed by atoms with Crippen LogP contribution in [0.15, 0.2) is 42.5 Å². The summed E-state index contributed by atoms with van der Waals surface area (Å²) in [5.74, 6) is 7.29. The molecule has 0 heterocycles.